The Labute approximate surface area is 223 Å². The van der Waals surface area contributed by atoms with Gasteiger partial charge in [-0.2, -0.15) is 8.42 Å². The monoisotopic (exact) mass is 566 g/mol. The van der Waals surface area contributed by atoms with Gasteiger partial charge in [-0.05, 0) is 69.1 Å². The molecule has 2 bridgehead atoms. The van der Waals surface area contributed by atoms with Crippen molar-refractivity contribution in [1.82, 2.24) is 4.90 Å². The lowest BCUT2D eigenvalue weighted by Crippen LogP contribution is -2.56. The summed E-state index contributed by atoms with van der Waals surface area (Å²) in [6.45, 7) is 2.58. The number of esters is 1. The predicted octanol–water partition coefficient (Wildman–Crippen LogP) is 2.71. The molecular weight excluding hydrogens is 532 g/mol. The number of hydrogen-bond donors (Lipinski definition) is 2. The topological polar surface area (TPSA) is 151 Å². The lowest BCUT2D eigenvalue weighted by atomic mass is 9.80. The average molecular weight is 567 g/mol. The van der Waals surface area contributed by atoms with Crippen LogP contribution in [0.5, 0.6) is 0 Å². The van der Waals surface area contributed by atoms with Crippen LogP contribution in [0.15, 0.2) is 27.5 Å². The molecule has 11 nitrogen and oxygen atoms in total. The Hall–Kier alpha value is -2.67. The molecule has 0 saturated heterocycles. The van der Waals surface area contributed by atoms with Crippen LogP contribution in [0.3, 0.4) is 0 Å². The molecule has 1 aromatic rings. The van der Waals surface area contributed by atoms with Gasteiger partial charge in [0.05, 0.1) is 36.4 Å². The predicted molar refractivity (Wildman–Crippen MR) is 142 cm³/mol. The van der Waals surface area contributed by atoms with Crippen LogP contribution in [0.1, 0.15) is 58.3 Å². The molecule has 1 amide bonds. The molecule has 1 aliphatic heterocycles. The highest BCUT2D eigenvalue weighted by atomic mass is 32.2. The van der Waals surface area contributed by atoms with Gasteiger partial charge >= 0.3 is 5.97 Å². The Morgan fingerprint density at radius 3 is 2.68 bits per heavy atom. The van der Waals surface area contributed by atoms with Gasteiger partial charge in [0.25, 0.3) is 10.0 Å². The zero-order valence-corrected chi connectivity index (χ0v) is 23.2. The quantitative estimate of drug-likeness (QED) is 0.410. The van der Waals surface area contributed by atoms with Crippen LogP contribution in [0.2, 0.25) is 0 Å². The first kappa shape index (κ1) is 26.9. The molecule has 208 valence electrons. The average Bonchev–Trinajstić information content (AvgIpc) is 3.44. The number of fused-ring (bicyclic) bond motifs is 3. The van der Waals surface area contributed by atoms with Crippen LogP contribution in [0, 0.1) is 17.8 Å². The van der Waals surface area contributed by atoms with E-state index in [1.165, 1.54) is 18.2 Å². The zero-order chi connectivity index (χ0) is 27.3. The van der Waals surface area contributed by atoms with E-state index in [1.807, 2.05) is 4.90 Å². The maximum absolute atomic E-state index is 13.9. The van der Waals surface area contributed by atoms with Crippen molar-refractivity contribution >= 4 is 49.1 Å². The molecule has 0 spiro atoms. The van der Waals surface area contributed by atoms with E-state index in [1.54, 1.807) is 6.92 Å². The summed E-state index contributed by atoms with van der Waals surface area (Å²) in [5, 5.41) is 2.95. The summed E-state index contributed by atoms with van der Waals surface area (Å²) in [5.74, 6) is 0.0429. The smallest absolute Gasteiger partial charge is 0.311 e. The van der Waals surface area contributed by atoms with Crippen LogP contribution < -0.4 is 10.0 Å². The number of sulfonamides is 2. The van der Waals surface area contributed by atoms with E-state index < -0.39 is 25.6 Å². The number of rotatable bonds is 10. The van der Waals surface area contributed by atoms with Gasteiger partial charge in [0.1, 0.15) is 10.7 Å². The molecule has 38 heavy (non-hydrogen) atoms. The number of ether oxygens (including phenoxy) is 1. The van der Waals surface area contributed by atoms with Crippen molar-refractivity contribution in [3.8, 4) is 0 Å². The molecule has 3 aliphatic carbocycles. The van der Waals surface area contributed by atoms with Gasteiger partial charge in [-0.25, -0.2) is 8.42 Å². The Balaban J connectivity index is 1.40. The van der Waals surface area contributed by atoms with E-state index in [-0.39, 0.29) is 52.9 Å². The van der Waals surface area contributed by atoms with Gasteiger partial charge in [-0.3, -0.25) is 14.3 Å². The fourth-order valence-electron chi connectivity index (χ4n) is 6.34. The summed E-state index contributed by atoms with van der Waals surface area (Å²) < 4.78 is 60.6. The Bertz CT molecular complexity index is 1390. The van der Waals surface area contributed by atoms with E-state index >= 15 is 0 Å². The summed E-state index contributed by atoms with van der Waals surface area (Å²) in [6.07, 6.45) is 6.98. The molecular formula is C25H34N4O7S2. The van der Waals surface area contributed by atoms with Crippen LogP contribution in [0.25, 0.3) is 0 Å². The van der Waals surface area contributed by atoms with Gasteiger partial charge in [-0.15, -0.1) is 4.40 Å². The Morgan fingerprint density at radius 2 is 2.03 bits per heavy atom. The van der Waals surface area contributed by atoms with Crippen molar-refractivity contribution in [2.45, 2.75) is 68.7 Å². The number of amidine groups is 1. The minimum Gasteiger partial charge on any atom is -0.466 e. The van der Waals surface area contributed by atoms with Crippen molar-refractivity contribution < 1.29 is 31.2 Å². The molecule has 1 aromatic carbocycles. The second-order valence-electron chi connectivity index (χ2n) is 10.9. The molecule has 2 N–H and O–H groups in total. The second kappa shape index (κ2) is 9.82. The normalized spacial score (nSPS) is 27.2. The van der Waals surface area contributed by atoms with Crippen LogP contribution in [-0.2, 0) is 34.4 Å². The van der Waals surface area contributed by atoms with Crippen LogP contribution >= 0.6 is 0 Å². The third kappa shape index (κ3) is 5.40. The summed E-state index contributed by atoms with van der Waals surface area (Å²) in [6, 6.07) is 4.08. The van der Waals surface area contributed by atoms with Gasteiger partial charge < -0.3 is 15.0 Å². The molecule has 3 fully saturated rings. The summed E-state index contributed by atoms with van der Waals surface area (Å²) in [7, 11) is -7.77. The number of carbonyl (C=O) groups excluding carboxylic acids is 2. The van der Waals surface area contributed by atoms with Crippen molar-refractivity contribution in [2.75, 3.05) is 29.4 Å². The van der Waals surface area contributed by atoms with Gasteiger partial charge in [-0.1, -0.05) is 12.8 Å². The number of carbonyl (C=O) groups is 2. The molecule has 4 aliphatic rings. The minimum atomic E-state index is -4.17. The summed E-state index contributed by atoms with van der Waals surface area (Å²) in [5.41, 5.74) is -0.296. The largest absolute Gasteiger partial charge is 0.466 e. The van der Waals surface area contributed by atoms with Gasteiger partial charge in [0.2, 0.25) is 15.9 Å². The third-order valence-corrected chi connectivity index (χ3v) is 10.1. The number of amides is 1. The van der Waals surface area contributed by atoms with Crippen molar-refractivity contribution in [1.29, 1.82) is 0 Å². The first-order valence-corrected chi connectivity index (χ1v) is 16.4. The first-order chi connectivity index (χ1) is 17.9. The molecule has 0 radical (unpaired) electrons. The number of nitrogens with zero attached hydrogens (tertiary/aromatic N) is 2. The van der Waals surface area contributed by atoms with E-state index in [4.69, 9.17) is 4.74 Å². The number of anilines is 2. The van der Waals surface area contributed by atoms with Gasteiger partial charge in [0.15, 0.2) is 0 Å². The number of nitrogens with one attached hydrogen (secondary N) is 2. The Kier molecular flexibility index (Phi) is 6.95. The molecule has 3 unspecified atom stereocenters. The number of benzene rings is 1. The standard InChI is InChI=1S/C25H34N4O7S2/c1-3-36-24(31)19-12-17-8-10-25(19,15-17)29(11-9-16-4-5-16)23(30)14-22-26-20-7-6-18(27-37(2,32)33)13-21(20)38(34,35)28-22/h6-7,13,16-17,19,27H,3-5,8-12,14-15H2,1-2H3,(H,26,28). The highest BCUT2D eigenvalue weighted by molar-refractivity contribution is 7.92. The SMILES string of the molecule is CCOC(=O)C1CC2CCC1(N(CCC1CC1)C(=O)CC1=NS(=O)(=O)c3cc(NS(C)(=O)=O)ccc3N1)C2. The molecule has 5 rings (SSSR count). The molecule has 0 aromatic heterocycles. The molecule has 3 atom stereocenters. The maximum Gasteiger partial charge on any atom is 0.311 e. The fraction of sp³-hybridized carbons (Fsp3) is 0.640. The van der Waals surface area contributed by atoms with Crippen LogP contribution in [-0.4, -0.2) is 64.4 Å². The fourth-order valence-corrected chi connectivity index (χ4v) is 8.07. The maximum atomic E-state index is 13.9. The third-order valence-electron chi connectivity index (χ3n) is 8.10. The molecule has 3 saturated carbocycles. The summed E-state index contributed by atoms with van der Waals surface area (Å²) >= 11 is 0. The van der Waals surface area contributed by atoms with Crippen molar-refractivity contribution in [2.24, 2.45) is 22.2 Å². The Morgan fingerprint density at radius 1 is 1.26 bits per heavy atom. The van der Waals surface area contributed by atoms with Crippen molar-refractivity contribution in [3.63, 3.8) is 0 Å². The lowest BCUT2D eigenvalue weighted by Gasteiger charge is -2.44. The van der Waals surface area contributed by atoms with Gasteiger partial charge in [0, 0.05) is 12.2 Å². The molecule has 1 heterocycles. The zero-order valence-electron chi connectivity index (χ0n) is 21.6. The van der Waals surface area contributed by atoms with E-state index in [2.05, 4.69) is 14.4 Å². The minimum absolute atomic E-state index is 0.000581. The van der Waals surface area contributed by atoms with E-state index in [0.29, 0.717) is 24.8 Å². The van der Waals surface area contributed by atoms with E-state index in [0.717, 1.165) is 44.8 Å². The highest BCUT2D eigenvalue weighted by Crippen LogP contribution is 2.55. The first-order valence-electron chi connectivity index (χ1n) is 13.1. The highest BCUT2D eigenvalue weighted by Gasteiger charge is 2.59. The number of hydrogen-bond acceptors (Lipinski definition) is 8. The molecule has 13 heteroatoms. The summed E-state index contributed by atoms with van der Waals surface area (Å²) in [4.78, 5) is 28.4. The van der Waals surface area contributed by atoms with E-state index in [9.17, 15) is 26.4 Å². The van der Waals surface area contributed by atoms with Crippen molar-refractivity contribution in [3.05, 3.63) is 18.2 Å². The second-order valence-corrected chi connectivity index (χ2v) is 14.3. The lowest BCUT2D eigenvalue weighted by molar-refractivity contribution is -0.156. The van der Waals surface area contributed by atoms with Crippen LogP contribution in [0.4, 0.5) is 11.4 Å².